The van der Waals surface area contributed by atoms with Crippen LogP contribution in [0, 0.1) is 5.41 Å². The predicted octanol–water partition coefficient (Wildman–Crippen LogP) is 2.12. The molecule has 2 fully saturated rings. The van der Waals surface area contributed by atoms with Gasteiger partial charge < -0.3 is 9.80 Å². The van der Waals surface area contributed by atoms with E-state index >= 15 is 0 Å². The topological polar surface area (TPSA) is 23.6 Å². The fourth-order valence-corrected chi connectivity index (χ4v) is 3.29. The molecule has 0 aromatic heterocycles. The molecule has 2 aliphatic rings. The molecule has 3 heteroatoms. The van der Waals surface area contributed by atoms with Gasteiger partial charge in [-0.15, -0.1) is 0 Å². The highest BCUT2D eigenvalue weighted by Gasteiger charge is 2.40. The van der Waals surface area contributed by atoms with E-state index in [4.69, 9.17) is 0 Å². The molecule has 0 radical (unpaired) electrons. The second kappa shape index (κ2) is 4.97. The molecule has 17 heavy (non-hydrogen) atoms. The Labute approximate surface area is 105 Å². The summed E-state index contributed by atoms with van der Waals surface area (Å²) in [5.41, 5.74) is 0.341. The standard InChI is InChI=1S/C14H26N2O/c1-4-15-8-5-14(11-13(15)17)6-9-16(10-7-14)12(2)3/h12H,4-11H2,1-3H3. The fourth-order valence-electron chi connectivity index (χ4n) is 3.29. The Hall–Kier alpha value is -0.570. The number of piperidine rings is 2. The summed E-state index contributed by atoms with van der Waals surface area (Å²) in [4.78, 5) is 16.6. The van der Waals surface area contributed by atoms with E-state index in [2.05, 4.69) is 25.7 Å². The maximum Gasteiger partial charge on any atom is 0.223 e. The van der Waals surface area contributed by atoms with Crippen LogP contribution >= 0.6 is 0 Å². The zero-order valence-corrected chi connectivity index (χ0v) is 11.5. The molecular weight excluding hydrogens is 212 g/mol. The Morgan fingerprint density at radius 3 is 2.24 bits per heavy atom. The SMILES string of the molecule is CCN1CCC2(CCN(C(C)C)CC2)CC1=O. The van der Waals surface area contributed by atoms with Crippen molar-refractivity contribution in [3.63, 3.8) is 0 Å². The third kappa shape index (κ3) is 2.65. The highest BCUT2D eigenvalue weighted by Crippen LogP contribution is 2.41. The second-order valence-corrected chi connectivity index (χ2v) is 6.03. The minimum atomic E-state index is 0.341. The van der Waals surface area contributed by atoms with E-state index in [0.29, 0.717) is 17.4 Å². The zero-order valence-electron chi connectivity index (χ0n) is 11.5. The van der Waals surface area contributed by atoms with Gasteiger partial charge in [0.2, 0.25) is 5.91 Å². The highest BCUT2D eigenvalue weighted by molar-refractivity contribution is 5.77. The summed E-state index contributed by atoms with van der Waals surface area (Å²) in [6.07, 6.45) is 4.45. The van der Waals surface area contributed by atoms with Crippen molar-refractivity contribution in [2.75, 3.05) is 26.2 Å². The molecule has 2 rings (SSSR count). The molecule has 0 saturated carbocycles. The van der Waals surface area contributed by atoms with Gasteiger partial charge in [0.15, 0.2) is 0 Å². The molecule has 1 spiro atoms. The molecule has 0 bridgehead atoms. The van der Waals surface area contributed by atoms with Crippen LogP contribution in [-0.2, 0) is 4.79 Å². The van der Waals surface area contributed by atoms with Crippen LogP contribution in [0.25, 0.3) is 0 Å². The lowest BCUT2D eigenvalue weighted by molar-refractivity contribution is -0.139. The average Bonchev–Trinajstić information content (AvgIpc) is 2.30. The number of nitrogens with zero attached hydrogens (tertiary/aromatic N) is 2. The van der Waals surface area contributed by atoms with Crippen molar-refractivity contribution in [3.8, 4) is 0 Å². The lowest BCUT2D eigenvalue weighted by Crippen LogP contribution is -2.50. The first-order valence-corrected chi connectivity index (χ1v) is 7.08. The maximum absolute atomic E-state index is 12.0. The maximum atomic E-state index is 12.0. The Bertz CT molecular complexity index is 280. The third-order valence-electron chi connectivity index (χ3n) is 4.76. The number of likely N-dealkylation sites (tertiary alicyclic amines) is 2. The third-order valence-corrected chi connectivity index (χ3v) is 4.76. The molecule has 0 unspecified atom stereocenters. The van der Waals surface area contributed by atoms with Crippen molar-refractivity contribution < 1.29 is 4.79 Å². The first-order chi connectivity index (χ1) is 8.06. The summed E-state index contributed by atoms with van der Waals surface area (Å²) in [5.74, 6) is 0.386. The lowest BCUT2D eigenvalue weighted by atomic mass is 9.71. The molecule has 0 aromatic carbocycles. The van der Waals surface area contributed by atoms with E-state index < -0.39 is 0 Å². The number of hydrogen-bond donors (Lipinski definition) is 0. The van der Waals surface area contributed by atoms with E-state index in [1.165, 1.54) is 32.4 Å². The molecule has 0 atom stereocenters. The monoisotopic (exact) mass is 238 g/mol. The van der Waals surface area contributed by atoms with Gasteiger partial charge >= 0.3 is 0 Å². The van der Waals surface area contributed by atoms with Gasteiger partial charge in [0.1, 0.15) is 0 Å². The van der Waals surface area contributed by atoms with Crippen LogP contribution in [0.4, 0.5) is 0 Å². The van der Waals surface area contributed by atoms with Gasteiger partial charge in [0.25, 0.3) is 0 Å². The van der Waals surface area contributed by atoms with Crippen LogP contribution in [0.2, 0.25) is 0 Å². The second-order valence-electron chi connectivity index (χ2n) is 6.03. The molecular formula is C14H26N2O. The molecule has 3 nitrogen and oxygen atoms in total. The lowest BCUT2D eigenvalue weighted by Gasteiger charge is -2.47. The van der Waals surface area contributed by atoms with Crippen molar-refractivity contribution in [1.82, 2.24) is 9.80 Å². The van der Waals surface area contributed by atoms with Crippen LogP contribution < -0.4 is 0 Å². The Balaban J connectivity index is 1.93. The van der Waals surface area contributed by atoms with Gasteiger partial charge in [-0.3, -0.25) is 4.79 Å². The molecule has 0 aromatic rings. The number of carbonyl (C=O) groups is 1. The van der Waals surface area contributed by atoms with Crippen molar-refractivity contribution in [1.29, 1.82) is 0 Å². The van der Waals surface area contributed by atoms with Crippen molar-refractivity contribution >= 4 is 5.91 Å². The van der Waals surface area contributed by atoms with Crippen LogP contribution in [-0.4, -0.2) is 47.9 Å². The quantitative estimate of drug-likeness (QED) is 0.735. The summed E-state index contributed by atoms with van der Waals surface area (Å²) in [7, 11) is 0. The van der Waals surface area contributed by atoms with Gasteiger partial charge in [0.05, 0.1) is 0 Å². The average molecular weight is 238 g/mol. The normalized spacial score (nSPS) is 25.9. The minimum Gasteiger partial charge on any atom is -0.343 e. The van der Waals surface area contributed by atoms with Gasteiger partial charge in [-0.25, -0.2) is 0 Å². The Kier molecular flexibility index (Phi) is 3.76. The van der Waals surface area contributed by atoms with E-state index in [0.717, 1.165) is 19.5 Å². The zero-order chi connectivity index (χ0) is 12.5. The first-order valence-electron chi connectivity index (χ1n) is 7.08. The van der Waals surface area contributed by atoms with Crippen LogP contribution in [0.15, 0.2) is 0 Å². The van der Waals surface area contributed by atoms with Crippen LogP contribution in [0.1, 0.15) is 46.5 Å². The van der Waals surface area contributed by atoms with Crippen LogP contribution in [0.5, 0.6) is 0 Å². The number of hydrogen-bond acceptors (Lipinski definition) is 2. The van der Waals surface area contributed by atoms with Crippen molar-refractivity contribution in [3.05, 3.63) is 0 Å². The first kappa shape index (κ1) is 12.9. The molecule has 0 aliphatic carbocycles. The minimum absolute atomic E-state index is 0.341. The van der Waals surface area contributed by atoms with E-state index in [-0.39, 0.29) is 0 Å². The smallest absolute Gasteiger partial charge is 0.223 e. The molecule has 98 valence electrons. The predicted molar refractivity (Wildman–Crippen MR) is 69.9 cm³/mol. The van der Waals surface area contributed by atoms with Gasteiger partial charge in [0, 0.05) is 25.6 Å². The molecule has 1 amide bonds. The molecule has 2 saturated heterocycles. The number of carbonyl (C=O) groups excluding carboxylic acids is 1. The summed E-state index contributed by atoms with van der Waals surface area (Å²) in [6, 6.07) is 0.652. The Morgan fingerprint density at radius 2 is 1.76 bits per heavy atom. The van der Waals surface area contributed by atoms with E-state index in [1.807, 2.05) is 4.90 Å². The largest absolute Gasteiger partial charge is 0.343 e. The van der Waals surface area contributed by atoms with Crippen molar-refractivity contribution in [2.24, 2.45) is 5.41 Å². The van der Waals surface area contributed by atoms with E-state index in [1.54, 1.807) is 0 Å². The van der Waals surface area contributed by atoms with Gasteiger partial charge in [-0.05, 0) is 58.5 Å². The summed E-state index contributed by atoms with van der Waals surface area (Å²) < 4.78 is 0. The van der Waals surface area contributed by atoms with Gasteiger partial charge in [-0.2, -0.15) is 0 Å². The molecule has 2 heterocycles. The Morgan fingerprint density at radius 1 is 1.18 bits per heavy atom. The highest BCUT2D eigenvalue weighted by atomic mass is 16.2. The van der Waals surface area contributed by atoms with Crippen LogP contribution in [0.3, 0.4) is 0 Å². The summed E-state index contributed by atoms with van der Waals surface area (Å²) in [6.45, 7) is 10.8. The van der Waals surface area contributed by atoms with Gasteiger partial charge in [-0.1, -0.05) is 0 Å². The summed E-state index contributed by atoms with van der Waals surface area (Å²) >= 11 is 0. The molecule has 2 aliphatic heterocycles. The summed E-state index contributed by atoms with van der Waals surface area (Å²) in [5, 5.41) is 0. The number of rotatable bonds is 2. The number of amides is 1. The fraction of sp³-hybridized carbons (Fsp3) is 0.929. The van der Waals surface area contributed by atoms with Crippen molar-refractivity contribution in [2.45, 2.75) is 52.5 Å². The molecule has 0 N–H and O–H groups in total. The van der Waals surface area contributed by atoms with E-state index in [9.17, 15) is 4.79 Å².